The highest BCUT2D eigenvalue weighted by Gasteiger charge is 2.31. The number of aromatic amines is 1. The Bertz CT molecular complexity index is 399. The number of H-pyrrole nitrogens is 1. The molecule has 1 heterocycles. The maximum atomic E-state index is 5.34. The van der Waals surface area contributed by atoms with Crippen molar-refractivity contribution in [3.05, 3.63) is 16.7 Å². The lowest BCUT2D eigenvalue weighted by Gasteiger charge is -2.36. The van der Waals surface area contributed by atoms with Gasteiger partial charge in [0.25, 0.3) is 0 Å². The summed E-state index contributed by atoms with van der Waals surface area (Å²) in [5, 5.41) is 0. The highest BCUT2D eigenvalue weighted by atomic mass is 32.2. The van der Waals surface area contributed by atoms with Crippen LogP contribution < -0.4 is 0 Å². The lowest BCUT2D eigenvalue weighted by molar-refractivity contribution is 0.357. The monoisotopic (exact) mass is 256 g/mol. The number of nitrogens with one attached hydrogen (secondary N) is 1. The molecule has 1 aliphatic rings. The van der Waals surface area contributed by atoms with E-state index >= 15 is 0 Å². The summed E-state index contributed by atoms with van der Waals surface area (Å²) in [4.78, 5) is 3.21. The zero-order valence-electron chi connectivity index (χ0n) is 10.1. The smallest absolute Gasteiger partial charge is 0.177 e. The van der Waals surface area contributed by atoms with Gasteiger partial charge >= 0.3 is 0 Å². The first-order valence-corrected chi connectivity index (χ1v) is 7.60. The van der Waals surface area contributed by atoms with Crippen molar-refractivity contribution in [2.45, 2.75) is 50.3 Å². The van der Waals surface area contributed by atoms with E-state index in [0.717, 1.165) is 17.0 Å². The average molecular weight is 256 g/mol. The average Bonchev–Trinajstić information content (AvgIpc) is 2.59. The molecule has 2 rings (SSSR count). The molecule has 0 bridgehead atoms. The maximum absolute atomic E-state index is 5.34. The molecule has 1 aromatic rings. The van der Waals surface area contributed by atoms with Crippen molar-refractivity contribution in [2.24, 2.45) is 0 Å². The van der Waals surface area contributed by atoms with Gasteiger partial charge in [-0.3, -0.25) is 0 Å². The molecule has 0 aromatic carbocycles. The second-order valence-electron chi connectivity index (χ2n) is 4.82. The number of rotatable bonds is 3. The van der Waals surface area contributed by atoms with Crippen LogP contribution in [0.25, 0.3) is 0 Å². The molecule has 1 aliphatic carbocycles. The van der Waals surface area contributed by atoms with Crippen LogP contribution in [0.4, 0.5) is 0 Å². The fourth-order valence-corrected chi connectivity index (χ4v) is 3.86. The van der Waals surface area contributed by atoms with Crippen molar-refractivity contribution in [1.29, 1.82) is 0 Å². The molecule has 0 saturated heterocycles. The first kappa shape index (κ1) is 12.2. The Morgan fingerprint density at radius 3 is 2.62 bits per heavy atom. The third-order valence-electron chi connectivity index (χ3n) is 3.57. The van der Waals surface area contributed by atoms with E-state index in [1.807, 2.05) is 11.8 Å². The predicted octanol–water partition coefficient (Wildman–Crippen LogP) is 3.92. The summed E-state index contributed by atoms with van der Waals surface area (Å²) in [6.45, 7) is 3.14. The molecule has 1 saturated carbocycles. The molecular formula is C12H20N2S2. The highest BCUT2D eigenvalue weighted by molar-refractivity contribution is 8.00. The minimum Gasteiger partial charge on any atom is -0.335 e. The van der Waals surface area contributed by atoms with E-state index in [-0.39, 0.29) is 0 Å². The molecule has 0 atom stereocenters. The fourth-order valence-electron chi connectivity index (χ4n) is 2.62. The molecule has 0 spiro atoms. The van der Waals surface area contributed by atoms with Crippen LogP contribution in [-0.2, 0) is 6.54 Å². The van der Waals surface area contributed by atoms with Crippen LogP contribution in [0.5, 0.6) is 0 Å². The minimum absolute atomic E-state index is 0.422. The van der Waals surface area contributed by atoms with E-state index in [0.29, 0.717) is 4.75 Å². The Hall–Kier alpha value is -0.220. The largest absolute Gasteiger partial charge is 0.335 e. The summed E-state index contributed by atoms with van der Waals surface area (Å²) in [6, 6.07) is 0. The number of aromatic nitrogens is 2. The van der Waals surface area contributed by atoms with Gasteiger partial charge < -0.3 is 9.55 Å². The third kappa shape index (κ3) is 2.54. The topological polar surface area (TPSA) is 20.7 Å². The Kier molecular flexibility index (Phi) is 3.80. The van der Waals surface area contributed by atoms with Gasteiger partial charge in [-0.2, -0.15) is 11.8 Å². The molecule has 4 heteroatoms. The maximum Gasteiger partial charge on any atom is 0.177 e. The van der Waals surface area contributed by atoms with E-state index in [1.165, 1.54) is 32.1 Å². The summed E-state index contributed by atoms with van der Waals surface area (Å²) in [6.07, 6.45) is 11.2. The fraction of sp³-hybridized carbons (Fsp3) is 0.750. The van der Waals surface area contributed by atoms with Crippen molar-refractivity contribution in [2.75, 3.05) is 6.26 Å². The normalized spacial score (nSPS) is 19.9. The number of nitrogens with zero attached hydrogens (tertiary/aromatic N) is 1. The molecule has 1 fully saturated rings. The van der Waals surface area contributed by atoms with E-state index in [4.69, 9.17) is 12.2 Å². The van der Waals surface area contributed by atoms with Gasteiger partial charge in [0.05, 0.1) is 0 Å². The second-order valence-corrected chi connectivity index (χ2v) is 6.48. The number of hydrogen-bond acceptors (Lipinski definition) is 2. The van der Waals surface area contributed by atoms with E-state index in [1.54, 1.807) is 0 Å². The Morgan fingerprint density at radius 1 is 1.44 bits per heavy atom. The predicted molar refractivity (Wildman–Crippen MR) is 73.7 cm³/mol. The summed E-state index contributed by atoms with van der Waals surface area (Å²) >= 11 is 7.36. The van der Waals surface area contributed by atoms with Crippen LogP contribution in [0.3, 0.4) is 0 Å². The van der Waals surface area contributed by atoms with Crippen molar-refractivity contribution < 1.29 is 0 Å². The van der Waals surface area contributed by atoms with Crippen molar-refractivity contribution in [3.63, 3.8) is 0 Å². The van der Waals surface area contributed by atoms with Gasteiger partial charge in [0, 0.05) is 23.2 Å². The van der Waals surface area contributed by atoms with Crippen LogP contribution in [0.15, 0.2) is 6.20 Å². The summed E-state index contributed by atoms with van der Waals surface area (Å²) in [7, 11) is 0. The van der Waals surface area contributed by atoms with Gasteiger partial charge in [0.2, 0.25) is 0 Å². The van der Waals surface area contributed by atoms with Crippen LogP contribution in [0.1, 0.15) is 37.8 Å². The van der Waals surface area contributed by atoms with Crippen molar-refractivity contribution >= 4 is 24.0 Å². The third-order valence-corrected chi connectivity index (χ3v) is 5.31. The zero-order valence-corrected chi connectivity index (χ0v) is 11.7. The summed E-state index contributed by atoms with van der Waals surface area (Å²) in [5.74, 6) is 0. The van der Waals surface area contributed by atoms with Gasteiger partial charge in [-0.25, -0.2) is 0 Å². The van der Waals surface area contributed by atoms with Gasteiger partial charge in [0.15, 0.2) is 4.77 Å². The van der Waals surface area contributed by atoms with Crippen molar-refractivity contribution in [3.8, 4) is 0 Å². The first-order chi connectivity index (χ1) is 7.65. The molecule has 0 amide bonds. The molecule has 0 unspecified atom stereocenters. The quantitative estimate of drug-likeness (QED) is 0.827. The van der Waals surface area contributed by atoms with Gasteiger partial charge in [-0.1, -0.05) is 19.3 Å². The molecule has 90 valence electrons. The number of aryl methyl sites for hydroxylation is 1. The summed E-state index contributed by atoms with van der Waals surface area (Å²) in [5.41, 5.74) is 1.16. The van der Waals surface area contributed by atoms with Gasteiger partial charge in [-0.05, 0) is 38.2 Å². The lowest BCUT2D eigenvalue weighted by atomic mass is 9.88. The standard InChI is InChI=1S/C12H20N2S2/c1-10-8-14(11(15)13-10)9-12(16-2)6-4-3-5-7-12/h8H,3-7,9H2,1-2H3,(H,13,15). The Morgan fingerprint density at radius 2 is 2.12 bits per heavy atom. The Balaban J connectivity index is 2.17. The van der Waals surface area contributed by atoms with Crippen molar-refractivity contribution in [1.82, 2.24) is 9.55 Å². The zero-order chi connectivity index (χ0) is 11.6. The second kappa shape index (κ2) is 4.96. The number of thioether (sulfide) groups is 1. The van der Waals surface area contributed by atoms with Crippen LogP contribution in [0, 0.1) is 11.7 Å². The SMILES string of the molecule is CSC1(Cn2cc(C)[nH]c2=S)CCCCC1. The Labute approximate surface area is 107 Å². The van der Waals surface area contributed by atoms with Gasteiger partial charge in [-0.15, -0.1) is 0 Å². The molecule has 1 N–H and O–H groups in total. The van der Waals surface area contributed by atoms with E-state index < -0.39 is 0 Å². The van der Waals surface area contributed by atoms with Crippen LogP contribution in [0.2, 0.25) is 0 Å². The minimum atomic E-state index is 0.422. The summed E-state index contributed by atoms with van der Waals surface area (Å²) < 4.78 is 3.51. The molecule has 16 heavy (non-hydrogen) atoms. The number of hydrogen-bond donors (Lipinski definition) is 1. The molecule has 1 aromatic heterocycles. The molecule has 2 nitrogen and oxygen atoms in total. The lowest BCUT2D eigenvalue weighted by Crippen LogP contribution is -2.32. The molecule has 0 aliphatic heterocycles. The van der Waals surface area contributed by atoms with E-state index in [9.17, 15) is 0 Å². The highest BCUT2D eigenvalue weighted by Crippen LogP contribution is 2.39. The van der Waals surface area contributed by atoms with Gasteiger partial charge in [0.1, 0.15) is 0 Å². The molecule has 0 radical (unpaired) electrons. The van der Waals surface area contributed by atoms with Crippen LogP contribution in [-0.4, -0.2) is 20.6 Å². The first-order valence-electron chi connectivity index (χ1n) is 5.96. The van der Waals surface area contributed by atoms with E-state index in [2.05, 4.69) is 28.9 Å². The van der Waals surface area contributed by atoms with Crippen LogP contribution >= 0.6 is 24.0 Å². The number of imidazole rings is 1. The molecular weight excluding hydrogens is 236 g/mol.